The van der Waals surface area contributed by atoms with Gasteiger partial charge < -0.3 is 10.6 Å². The minimum Gasteiger partial charge on any atom is -0.336 e. The van der Waals surface area contributed by atoms with E-state index >= 15 is 0 Å². The predicted octanol–water partition coefficient (Wildman–Crippen LogP) is 4.51. The molecular formula is C22H21Cl2N5O2. The maximum Gasteiger partial charge on any atom is 0.321 e. The molecule has 0 atom stereocenters. The number of halogens is 2. The van der Waals surface area contributed by atoms with Gasteiger partial charge in [0.15, 0.2) is 0 Å². The van der Waals surface area contributed by atoms with Crippen LogP contribution >= 0.6 is 23.2 Å². The first-order chi connectivity index (χ1) is 14.8. The number of nitrogens with one attached hydrogen (secondary N) is 2. The SMILES string of the molecule is Cc1nn(-c2ccc(Cl)c(Cl)c2)c(C)c1CC(=O)Nc1ccc(N2CCNC2=O)cc1. The molecule has 4 rings (SSSR count). The van der Waals surface area contributed by atoms with Crippen LogP contribution in [0.4, 0.5) is 16.2 Å². The van der Waals surface area contributed by atoms with E-state index in [4.69, 9.17) is 23.2 Å². The molecule has 3 amide bonds. The van der Waals surface area contributed by atoms with Crippen LogP contribution in [-0.4, -0.2) is 34.8 Å². The Morgan fingerprint density at radius 1 is 1.10 bits per heavy atom. The Morgan fingerprint density at radius 3 is 2.45 bits per heavy atom. The Bertz CT molecular complexity index is 1160. The smallest absolute Gasteiger partial charge is 0.321 e. The van der Waals surface area contributed by atoms with Gasteiger partial charge in [-0.2, -0.15) is 5.10 Å². The maximum absolute atomic E-state index is 12.7. The van der Waals surface area contributed by atoms with E-state index in [-0.39, 0.29) is 18.4 Å². The van der Waals surface area contributed by atoms with E-state index in [1.54, 1.807) is 33.8 Å². The molecule has 0 aliphatic carbocycles. The summed E-state index contributed by atoms with van der Waals surface area (Å²) < 4.78 is 1.76. The van der Waals surface area contributed by atoms with Gasteiger partial charge in [-0.3, -0.25) is 9.69 Å². The predicted molar refractivity (Wildman–Crippen MR) is 123 cm³/mol. The quantitative estimate of drug-likeness (QED) is 0.591. The molecule has 3 aromatic rings. The summed E-state index contributed by atoms with van der Waals surface area (Å²) >= 11 is 12.1. The van der Waals surface area contributed by atoms with Gasteiger partial charge in [0.05, 0.1) is 27.8 Å². The third kappa shape index (κ3) is 4.38. The minimum atomic E-state index is -0.147. The number of hydrogen-bond acceptors (Lipinski definition) is 3. The Labute approximate surface area is 189 Å². The van der Waals surface area contributed by atoms with E-state index in [2.05, 4.69) is 15.7 Å². The number of carbonyl (C=O) groups excluding carboxylic acids is 2. The number of amides is 3. The van der Waals surface area contributed by atoms with Crippen molar-refractivity contribution in [3.05, 3.63) is 69.5 Å². The summed E-state index contributed by atoms with van der Waals surface area (Å²) in [6.07, 6.45) is 0.190. The molecule has 1 aliphatic rings. The third-order valence-electron chi connectivity index (χ3n) is 5.25. The molecule has 2 N–H and O–H groups in total. The van der Waals surface area contributed by atoms with E-state index in [9.17, 15) is 9.59 Å². The molecule has 0 radical (unpaired) electrons. The number of hydrogen-bond donors (Lipinski definition) is 2. The van der Waals surface area contributed by atoms with Crippen LogP contribution < -0.4 is 15.5 Å². The molecule has 9 heteroatoms. The van der Waals surface area contributed by atoms with Crippen LogP contribution in [0.15, 0.2) is 42.5 Å². The van der Waals surface area contributed by atoms with Crippen LogP contribution in [-0.2, 0) is 11.2 Å². The number of anilines is 2. The topological polar surface area (TPSA) is 79.3 Å². The molecule has 160 valence electrons. The Balaban J connectivity index is 1.47. The van der Waals surface area contributed by atoms with Gasteiger partial charge in [0, 0.05) is 35.7 Å². The summed E-state index contributed by atoms with van der Waals surface area (Å²) in [5.74, 6) is -0.147. The molecule has 0 saturated carbocycles. The highest BCUT2D eigenvalue weighted by molar-refractivity contribution is 6.42. The lowest BCUT2D eigenvalue weighted by molar-refractivity contribution is -0.115. The highest BCUT2D eigenvalue weighted by atomic mass is 35.5. The number of rotatable bonds is 5. The Morgan fingerprint density at radius 2 is 1.81 bits per heavy atom. The number of aryl methyl sites for hydroxylation is 1. The van der Waals surface area contributed by atoms with Gasteiger partial charge in [-0.15, -0.1) is 0 Å². The molecule has 1 aliphatic heterocycles. The van der Waals surface area contributed by atoms with Crippen molar-refractivity contribution in [3.63, 3.8) is 0 Å². The molecule has 0 bridgehead atoms. The summed E-state index contributed by atoms with van der Waals surface area (Å²) in [4.78, 5) is 26.1. The third-order valence-corrected chi connectivity index (χ3v) is 5.98. The van der Waals surface area contributed by atoms with Gasteiger partial charge in [-0.25, -0.2) is 9.48 Å². The van der Waals surface area contributed by atoms with E-state index in [1.165, 1.54) is 0 Å². The van der Waals surface area contributed by atoms with Crippen molar-refractivity contribution < 1.29 is 9.59 Å². The second kappa shape index (κ2) is 8.61. The van der Waals surface area contributed by atoms with E-state index in [0.29, 0.717) is 28.8 Å². The zero-order chi connectivity index (χ0) is 22.1. The summed E-state index contributed by atoms with van der Waals surface area (Å²) in [5.41, 5.74) is 4.73. The van der Waals surface area contributed by atoms with Gasteiger partial charge in [0.25, 0.3) is 0 Å². The summed E-state index contributed by atoms with van der Waals surface area (Å²) in [6.45, 7) is 5.05. The van der Waals surface area contributed by atoms with Crippen molar-refractivity contribution >= 4 is 46.5 Å². The first-order valence-electron chi connectivity index (χ1n) is 9.79. The Kier molecular flexibility index (Phi) is 5.89. The van der Waals surface area contributed by atoms with Crippen LogP contribution in [0.1, 0.15) is 17.0 Å². The second-order valence-corrected chi connectivity index (χ2v) is 8.13. The normalized spacial score (nSPS) is 13.4. The fourth-order valence-electron chi connectivity index (χ4n) is 3.61. The number of nitrogens with zero attached hydrogens (tertiary/aromatic N) is 3. The number of carbonyl (C=O) groups is 2. The first-order valence-corrected chi connectivity index (χ1v) is 10.5. The molecule has 1 aromatic heterocycles. The van der Waals surface area contributed by atoms with Crippen molar-refractivity contribution in [2.45, 2.75) is 20.3 Å². The highest BCUT2D eigenvalue weighted by Crippen LogP contribution is 2.26. The van der Waals surface area contributed by atoms with E-state index in [1.807, 2.05) is 32.0 Å². The summed E-state index contributed by atoms with van der Waals surface area (Å²) in [5, 5.41) is 11.2. The lowest BCUT2D eigenvalue weighted by atomic mass is 10.1. The fourth-order valence-corrected chi connectivity index (χ4v) is 3.90. The average Bonchev–Trinajstić information content (AvgIpc) is 3.29. The van der Waals surface area contributed by atoms with Crippen LogP contribution in [0.25, 0.3) is 5.69 Å². The fraction of sp³-hybridized carbons (Fsp3) is 0.227. The lowest BCUT2D eigenvalue weighted by Gasteiger charge is -2.14. The van der Waals surface area contributed by atoms with Crippen molar-refractivity contribution in [2.75, 3.05) is 23.3 Å². The van der Waals surface area contributed by atoms with Gasteiger partial charge in [0.1, 0.15) is 0 Å². The minimum absolute atomic E-state index is 0.110. The molecular weight excluding hydrogens is 437 g/mol. The summed E-state index contributed by atoms with van der Waals surface area (Å²) in [7, 11) is 0. The lowest BCUT2D eigenvalue weighted by Crippen LogP contribution is -2.27. The van der Waals surface area contributed by atoms with Crippen LogP contribution in [0.2, 0.25) is 10.0 Å². The van der Waals surface area contributed by atoms with E-state index in [0.717, 1.165) is 28.3 Å². The van der Waals surface area contributed by atoms with Crippen molar-refractivity contribution in [3.8, 4) is 5.69 Å². The van der Waals surface area contributed by atoms with Crippen LogP contribution in [0, 0.1) is 13.8 Å². The van der Waals surface area contributed by atoms with Gasteiger partial charge in [-0.1, -0.05) is 23.2 Å². The molecule has 7 nitrogen and oxygen atoms in total. The largest absolute Gasteiger partial charge is 0.336 e. The molecule has 1 fully saturated rings. The molecule has 0 unspecified atom stereocenters. The average molecular weight is 458 g/mol. The zero-order valence-electron chi connectivity index (χ0n) is 17.1. The summed E-state index contributed by atoms with van der Waals surface area (Å²) in [6, 6.07) is 12.4. The molecule has 2 aromatic carbocycles. The number of aromatic nitrogens is 2. The first kappa shape index (κ1) is 21.2. The number of urea groups is 1. The molecule has 0 spiro atoms. The van der Waals surface area contributed by atoms with E-state index < -0.39 is 0 Å². The molecule has 1 saturated heterocycles. The van der Waals surface area contributed by atoms with Gasteiger partial charge in [-0.05, 0) is 56.3 Å². The monoisotopic (exact) mass is 457 g/mol. The standard InChI is InChI=1S/C22H21Cl2N5O2/c1-13-18(14(2)29(27-13)17-7-8-19(23)20(24)11-17)12-21(30)26-15-3-5-16(6-4-15)28-10-9-25-22(28)31/h3-8,11H,9-10,12H2,1-2H3,(H,25,31)(H,26,30). The Hall–Kier alpha value is -3.03. The van der Waals surface area contributed by atoms with Crippen LogP contribution in [0.5, 0.6) is 0 Å². The molecule has 2 heterocycles. The van der Waals surface area contributed by atoms with Gasteiger partial charge in [0.2, 0.25) is 5.91 Å². The van der Waals surface area contributed by atoms with Crippen molar-refractivity contribution in [2.24, 2.45) is 0 Å². The number of benzene rings is 2. The highest BCUT2D eigenvalue weighted by Gasteiger charge is 2.21. The van der Waals surface area contributed by atoms with Crippen molar-refractivity contribution in [1.82, 2.24) is 15.1 Å². The molecule has 31 heavy (non-hydrogen) atoms. The van der Waals surface area contributed by atoms with Crippen LogP contribution in [0.3, 0.4) is 0 Å². The maximum atomic E-state index is 12.7. The second-order valence-electron chi connectivity index (χ2n) is 7.31. The van der Waals surface area contributed by atoms with Crippen molar-refractivity contribution in [1.29, 1.82) is 0 Å². The zero-order valence-corrected chi connectivity index (χ0v) is 18.6. The van der Waals surface area contributed by atoms with Gasteiger partial charge >= 0.3 is 6.03 Å².